The van der Waals surface area contributed by atoms with Crippen molar-refractivity contribution in [2.75, 3.05) is 5.73 Å². The summed E-state index contributed by atoms with van der Waals surface area (Å²) in [6, 6.07) is 3.31. The maximum atomic E-state index is 12.8. The van der Waals surface area contributed by atoms with Crippen molar-refractivity contribution in [3.8, 4) is 5.75 Å². The number of alkyl halides is 3. The summed E-state index contributed by atoms with van der Waals surface area (Å²) >= 11 is 0. The largest absolute Gasteiger partial charge is 0.485 e. The molecule has 9 heteroatoms. The van der Waals surface area contributed by atoms with E-state index in [1.54, 1.807) is 7.05 Å². The molecule has 0 amide bonds. The lowest BCUT2D eigenvalue weighted by atomic mass is 10.1. The normalized spacial score (nSPS) is 11.6. The van der Waals surface area contributed by atoms with Crippen LogP contribution in [0.15, 0.2) is 18.2 Å². The Morgan fingerprint density at radius 2 is 2.11 bits per heavy atom. The van der Waals surface area contributed by atoms with Crippen LogP contribution in [0.1, 0.15) is 11.4 Å². The van der Waals surface area contributed by atoms with Gasteiger partial charge in [-0.15, -0.1) is 10.2 Å². The molecule has 0 bridgehead atoms. The number of aromatic nitrogens is 4. The van der Waals surface area contributed by atoms with Crippen molar-refractivity contribution >= 4 is 5.69 Å². The molecule has 0 saturated carbocycles. The third kappa shape index (κ3) is 3.12. The fourth-order valence-electron chi connectivity index (χ4n) is 1.42. The van der Waals surface area contributed by atoms with Crippen LogP contribution in [-0.4, -0.2) is 20.2 Å². The van der Waals surface area contributed by atoms with E-state index in [1.165, 1.54) is 10.9 Å². The van der Waals surface area contributed by atoms with E-state index in [0.717, 1.165) is 12.1 Å². The molecule has 2 N–H and O–H groups in total. The first-order valence-electron chi connectivity index (χ1n) is 5.18. The Hall–Kier alpha value is -2.32. The number of tetrazole rings is 1. The Balaban J connectivity index is 2.20. The molecule has 19 heavy (non-hydrogen) atoms. The molecule has 2 rings (SSSR count). The van der Waals surface area contributed by atoms with Crippen molar-refractivity contribution in [3.05, 3.63) is 29.6 Å². The number of nitrogen functional groups attached to an aromatic ring is 1. The third-order valence-electron chi connectivity index (χ3n) is 2.22. The Morgan fingerprint density at radius 3 is 2.68 bits per heavy atom. The lowest BCUT2D eigenvalue weighted by Gasteiger charge is -2.13. The van der Waals surface area contributed by atoms with E-state index < -0.39 is 11.7 Å². The Morgan fingerprint density at radius 1 is 1.37 bits per heavy atom. The zero-order chi connectivity index (χ0) is 14.0. The summed E-state index contributed by atoms with van der Waals surface area (Å²) in [5.74, 6) is -0.137. The summed E-state index contributed by atoms with van der Waals surface area (Å²) in [7, 11) is 1.54. The van der Waals surface area contributed by atoms with Crippen LogP contribution in [-0.2, 0) is 19.8 Å². The second-order valence-electron chi connectivity index (χ2n) is 3.74. The highest BCUT2D eigenvalue weighted by molar-refractivity contribution is 5.49. The number of halogens is 3. The molecule has 0 aliphatic carbocycles. The summed E-state index contributed by atoms with van der Waals surface area (Å²) in [6.07, 6.45) is -4.54. The van der Waals surface area contributed by atoms with Gasteiger partial charge >= 0.3 is 6.18 Å². The molecule has 2 aromatic rings. The summed E-state index contributed by atoms with van der Waals surface area (Å²) in [6.45, 7) is -0.208. The Kier molecular flexibility index (Phi) is 3.28. The molecular weight excluding hydrogens is 263 g/mol. The molecule has 6 nitrogen and oxygen atoms in total. The number of nitrogens with zero attached hydrogens (tertiary/aromatic N) is 4. The van der Waals surface area contributed by atoms with Crippen molar-refractivity contribution in [2.45, 2.75) is 12.8 Å². The Bertz CT molecular complexity index is 581. The first-order chi connectivity index (χ1) is 8.86. The van der Waals surface area contributed by atoms with Crippen molar-refractivity contribution < 1.29 is 17.9 Å². The zero-order valence-corrected chi connectivity index (χ0v) is 9.85. The van der Waals surface area contributed by atoms with Gasteiger partial charge < -0.3 is 10.5 Å². The molecule has 0 spiro atoms. The van der Waals surface area contributed by atoms with Gasteiger partial charge in [-0.1, -0.05) is 0 Å². The third-order valence-corrected chi connectivity index (χ3v) is 2.22. The van der Waals surface area contributed by atoms with Crippen molar-refractivity contribution in [2.24, 2.45) is 7.05 Å². The second-order valence-corrected chi connectivity index (χ2v) is 3.74. The molecule has 0 radical (unpaired) electrons. The maximum absolute atomic E-state index is 12.8. The van der Waals surface area contributed by atoms with Crippen molar-refractivity contribution in [1.29, 1.82) is 0 Å². The van der Waals surface area contributed by atoms with E-state index in [1.807, 2.05) is 0 Å². The van der Waals surface area contributed by atoms with E-state index >= 15 is 0 Å². The van der Waals surface area contributed by atoms with Crippen LogP contribution in [0.4, 0.5) is 18.9 Å². The number of benzene rings is 1. The molecule has 102 valence electrons. The predicted molar refractivity (Wildman–Crippen MR) is 59.0 cm³/mol. The lowest BCUT2D eigenvalue weighted by molar-refractivity contribution is -0.139. The SMILES string of the molecule is Cn1nnc(COc2ccc(N)cc2C(F)(F)F)n1. The summed E-state index contributed by atoms with van der Waals surface area (Å²) in [4.78, 5) is 1.19. The first kappa shape index (κ1) is 13.1. The van der Waals surface area contributed by atoms with Crippen LogP contribution in [0.25, 0.3) is 0 Å². The highest BCUT2D eigenvalue weighted by Gasteiger charge is 2.34. The van der Waals surface area contributed by atoms with Gasteiger partial charge in [-0.3, -0.25) is 0 Å². The molecule has 0 saturated heterocycles. The quantitative estimate of drug-likeness (QED) is 0.855. The molecule has 1 aromatic carbocycles. The standard InChI is InChI=1S/C10H10F3N5O/c1-18-16-9(15-17-18)5-19-8-3-2-6(14)4-7(8)10(11,12)13/h2-4H,5,14H2,1H3. The maximum Gasteiger partial charge on any atom is 0.420 e. The van der Waals surface area contributed by atoms with Crippen LogP contribution in [0.2, 0.25) is 0 Å². The lowest BCUT2D eigenvalue weighted by Crippen LogP contribution is -2.10. The fraction of sp³-hybridized carbons (Fsp3) is 0.300. The van der Waals surface area contributed by atoms with E-state index in [4.69, 9.17) is 10.5 Å². The van der Waals surface area contributed by atoms with E-state index in [9.17, 15) is 13.2 Å². The van der Waals surface area contributed by atoms with E-state index in [2.05, 4.69) is 15.4 Å². The van der Waals surface area contributed by atoms with Crippen LogP contribution >= 0.6 is 0 Å². The van der Waals surface area contributed by atoms with Crippen LogP contribution in [0.5, 0.6) is 5.75 Å². The molecule has 0 aliphatic heterocycles. The van der Waals surface area contributed by atoms with Gasteiger partial charge in [0, 0.05) is 5.69 Å². The molecule has 0 aliphatic rings. The summed E-state index contributed by atoms with van der Waals surface area (Å²) in [5, 5.41) is 11.0. The van der Waals surface area contributed by atoms with Gasteiger partial charge in [0.25, 0.3) is 0 Å². The number of rotatable bonds is 3. The van der Waals surface area contributed by atoms with Gasteiger partial charge in [-0.05, 0) is 23.4 Å². The minimum absolute atomic E-state index is 0.0114. The molecule has 1 aromatic heterocycles. The van der Waals surface area contributed by atoms with Gasteiger partial charge in [0.2, 0.25) is 5.82 Å². The minimum atomic E-state index is -4.54. The molecule has 0 fully saturated rings. The number of hydrogen-bond donors (Lipinski definition) is 1. The van der Waals surface area contributed by atoms with Crippen molar-refractivity contribution in [3.63, 3.8) is 0 Å². The molecular formula is C10H10F3N5O. The zero-order valence-electron chi connectivity index (χ0n) is 9.85. The smallest absolute Gasteiger partial charge is 0.420 e. The number of aryl methyl sites for hydroxylation is 1. The van der Waals surface area contributed by atoms with E-state index in [-0.39, 0.29) is 23.9 Å². The highest BCUT2D eigenvalue weighted by Crippen LogP contribution is 2.37. The number of hydrogen-bond acceptors (Lipinski definition) is 5. The Labute approximate surface area is 106 Å². The van der Waals surface area contributed by atoms with Gasteiger partial charge in [-0.2, -0.15) is 18.0 Å². The van der Waals surface area contributed by atoms with Crippen LogP contribution in [0, 0.1) is 0 Å². The first-order valence-corrected chi connectivity index (χ1v) is 5.18. The molecule has 1 heterocycles. The van der Waals surface area contributed by atoms with Gasteiger partial charge in [0.15, 0.2) is 6.61 Å². The molecule has 0 unspecified atom stereocenters. The predicted octanol–water partition coefficient (Wildman–Crippen LogP) is 1.39. The van der Waals surface area contributed by atoms with Crippen molar-refractivity contribution in [1.82, 2.24) is 20.2 Å². The number of anilines is 1. The molecule has 0 atom stereocenters. The highest BCUT2D eigenvalue weighted by atomic mass is 19.4. The fourth-order valence-corrected chi connectivity index (χ4v) is 1.42. The average Bonchev–Trinajstić information content (AvgIpc) is 2.72. The topological polar surface area (TPSA) is 78.8 Å². The van der Waals surface area contributed by atoms with E-state index in [0.29, 0.717) is 0 Å². The van der Waals surface area contributed by atoms with Crippen LogP contribution in [0.3, 0.4) is 0 Å². The van der Waals surface area contributed by atoms with Gasteiger partial charge in [0.05, 0.1) is 12.6 Å². The number of ether oxygens (including phenoxy) is 1. The summed E-state index contributed by atoms with van der Waals surface area (Å²) < 4.78 is 43.4. The monoisotopic (exact) mass is 273 g/mol. The van der Waals surface area contributed by atoms with Crippen LogP contribution < -0.4 is 10.5 Å². The minimum Gasteiger partial charge on any atom is -0.485 e. The van der Waals surface area contributed by atoms with Gasteiger partial charge in [-0.25, -0.2) is 0 Å². The second kappa shape index (κ2) is 4.75. The summed E-state index contributed by atoms with van der Waals surface area (Å²) in [5.41, 5.74) is 4.42. The average molecular weight is 273 g/mol. The number of nitrogens with two attached hydrogens (primary N) is 1. The van der Waals surface area contributed by atoms with Gasteiger partial charge in [0.1, 0.15) is 5.75 Å².